The second-order valence-electron chi connectivity index (χ2n) is 6.69. The van der Waals surface area contributed by atoms with E-state index in [9.17, 15) is 9.59 Å². The molecule has 6 nitrogen and oxygen atoms in total. The Morgan fingerprint density at radius 3 is 2.10 bits per heavy atom. The number of carbonyl (C=O) groups is 2. The predicted octanol–water partition coefficient (Wildman–Crippen LogP) is -1.55. The largest absolute Gasteiger partial charge is 1.00 e. The van der Waals surface area contributed by atoms with Crippen LogP contribution in [0.4, 0.5) is 4.79 Å². The molecule has 0 rings (SSSR count). The third-order valence-electron chi connectivity index (χ3n) is 2.31. The quantitative estimate of drug-likeness (QED) is 0.583. The van der Waals surface area contributed by atoms with E-state index in [1.165, 1.54) is 0 Å². The number of aliphatic carboxylic acids is 1. The molecule has 0 unspecified atom stereocenters. The monoisotopic (exact) mass is 310 g/mol. The first kappa shape index (κ1) is 21.3. The van der Waals surface area contributed by atoms with Crippen molar-refractivity contribution in [3.05, 3.63) is 0 Å². The minimum absolute atomic E-state index is 0. The van der Waals surface area contributed by atoms with Gasteiger partial charge in [0, 0.05) is 0 Å². The molecule has 0 aliphatic carbocycles. The topological polar surface area (TPSA) is 75.6 Å². The van der Waals surface area contributed by atoms with Crippen molar-refractivity contribution in [3.8, 4) is 0 Å². The number of carbonyl (C=O) groups excluding carboxylic acids is 1. The Bertz CT molecular complexity index is 321. The lowest BCUT2D eigenvalue weighted by molar-refractivity contribution is -0.870. The van der Waals surface area contributed by atoms with Crippen molar-refractivity contribution >= 4 is 12.1 Å². The van der Waals surface area contributed by atoms with Gasteiger partial charge in [-0.15, -0.1) is 0 Å². The highest BCUT2D eigenvalue weighted by atomic mass is 35.5. The van der Waals surface area contributed by atoms with Crippen molar-refractivity contribution in [2.24, 2.45) is 0 Å². The van der Waals surface area contributed by atoms with Crippen LogP contribution in [0.2, 0.25) is 0 Å². The van der Waals surface area contributed by atoms with Gasteiger partial charge in [-0.25, -0.2) is 9.59 Å². The van der Waals surface area contributed by atoms with Crippen LogP contribution in [-0.2, 0) is 9.53 Å². The molecule has 0 aromatic heterocycles. The summed E-state index contributed by atoms with van der Waals surface area (Å²) in [4.78, 5) is 22.6. The second kappa shape index (κ2) is 8.32. The number of nitrogens with zero attached hydrogens (tertiary/aromatic N) is 1. The standard InChI is InChI=1S/C13H26N2O4.ClH/c1-13(2,3)19-12(18)14-10(11(16)17)8-7-9-15(4,5)6;/h10H,7-9H2,1-6H3,(H-,14,16,17,18);1H/t10-;/m0./s1. The van der Waals surface area contributed by atoms with Gasteiger partial charge in [0.05, 0.1) is 27.7 Å². The maximum atomic E-state index is 11.5. The van der Waals surface area contributed by atoms with Crippen molar-refractivity contribution in [2.75, 3.05) is 27.7 Å². The molecule has 0 aromatic carbocycles. The number of rotatable bonds is 6. The van der Waals surface area contributed by atoms with Gasteiger partial charge in [0.1, 0.15) is 11.6 Å². The zero-order valence-electron chi connectivity index (χ0n) is 13.2. The molecular weight excluding hydrogens is 284 g/mol. The summed E-state index contributed by atoms with van der Waals surface area (Å²) in [6.07, 6.45) is 0.422. The van der Waals surface area contributed by atoms with Gasteiger partial charge < -0.3 is 32.1 Å². The molecule has 20 heavy (non-hydrogen) atoms. The first-order valence-electron chi connectivity index (χ1n) is 6.43. The average Bonchev–Trinajstić information content (AvgIpc) is 2.10. The van der Waals surface area contributed by atoms with Gasteiger partial charge >= 0.3 is 12.1 Å². The number of quaternary nitrogens is 1. The summed E-state index contributed by atoms with van der Waals surface area (Å²) < 4.78 is 5.81. The van der Waals surface area contributed by atoms with E-state index >= 15 is 0 Å². The van der Waals surface area contributed by atoms with E-state index in [-0.39, 0.29) is 12.4 Å². The van der Waals surface area contributed by atoms with E-state index in [1.807, 2.05) is 21.1 Å². The minimum Gasteiger partial charge on any atom is -1.00 e. The molecule has 7 heteroatoms. The second-order valence-corrected chi connectivity index (χ2v) is 6.69. The van der Waals surface area contributed by atoms with Crippen LogP contribution >= 0.6 is 0 Å². The smallest absolute Gasteiger partial charge is 0.408 e. The highest BCUT2D eigenvalue weighted by molar-refractivity contribution is 5.79. The van der Waals surface area contributed by atoms with Gasteiger partial charge in [0.15, 0.2) is 0 Å². The van der Waals surface area contributed by atoms with Crippen LogP contribution in [-0.4, -0.2) is 61.0 Å². The number of hydrogen-bond donors (Lipinski definition) is 2. The van der Waals surface area contributed by atoms with Gasteiger partial charge in [-0.05, 0) is 33.6 Å². The maximum Gasteiger partial charge on any atom is 0.408 e. The minimum atomic E-state index is -1.03. The van der Waals surface area contributed by atoms with Gasteiger partial charge in [-0.3, -0.25) is 0 Å². The SMILES string of the molecule is CC(C)(C)OC(=O)N[C@@H](CCC[N+](C)(C)C)C(=O)O.[Cl-]. The molecule has 0 saturated heterocycles. The fourth-order valence-corrected chi connectivity index (χ4v) is 1.48. The van der Waals surface area contributed by atoms with E-state index in [1.54, 1.807) is 20.8 Å². The number of hydrogen-bond acceptors (Lipinski definition) is 3. The summed E-state index contributed by atoms with van der Waals surface area (Å²) in [5.41, 5.74) is -0.630. The van der Waals surface area contributed by atoms with Crippen LogP contribution in [0.25, 0.3) is 0 Å². The molecular formula is C13H27ClN2O4. The van der Waals surface area contributed by atoms with Crippen LogP contribution in [0.1, 0.15) is 33.6 Å². The van der Waals surface area contributed by atoms with Gasteiger partial charge in [-0.1, -0.05) is 0 Å². The third-order valence-corrected chi connectivity index (χ3v) is 2.31. The first-order chi connectivity index (χ1) is 8.41. The fourth-order valence-electron chi connectivity index (χ4n) is 1.48. The molecule has 0 heterocycles. The summed E-state index contributed by atoms with van der Waals surface area (Å²) in [5, 5.41) is 11.5. The van der Waals surface area contributed by atoms with Crippen LogP contribution in [0.5, 0.6) is 0 Å². The van der Waals surface area contributed by atoms with Gasteiger partial charge in [-0.2, -0.15) is 0 Å². The van der Waals surface area contributed by atoms with E-state index in [2.05, 4.69) is 5.32 Å². The summed E-state index contributed by atoms with van der Waals surface area (Å²) in [7, 11) is 6.12. The highest BCUT2D eigenvalue weighted by Crippen LogP contribution is 2.08. The molecule has 120 valence electrons. The van der Waals surface area contributed by atoms with Gasteiger partial charge in [0.2, 0.25) is 0 Å². The Morgan fingerprint density at radius 2 is 1.75 bits per heavy atom. The Kier molecular flexibility index (Phi) is 8.85. The molecule has 1 atom stereocenters. The zero-order valence-corrected chi connectivity index (χ0v) is 14.0. The number of amides is 1. The van der Waals surface area contributed by atoms with Crippen LogP contribution in [0.15, 0.2) is 0 Å². The fraction of sp³-hybridized carbons (Fsp3) is 0.846. The summed E-state index contributed by atoms with van der Waals surface area (Å²) >= 11 is 0. The van der Waals surface area contributed by atoms with E-state index < -0.39 is 23.7 Å². The molecule has 0 aromatic rings. The average molecular weight is 311 g/mol. The molecule has 1 amide bonds. The summed E-state index contributed by atoms with van der Waals surface area (Å²) in [6, 6.07) is -0.901. The number of alkyl carbamates (subject to hydrolysis) is 1. The Labute approximate surface area is 127 Å². The van der Waals surface area contributed by atoms with E-state index in [0.717, 1.165) is 17.4 Å². The van der Waals surface area contributed by atoms with Crippen molar-refractivity contribution in [2.45, 2.75) is 45.3 Å². The van der Waals surface area contributed by atoms with E-state index in [4.69, 9.17) is 9.84 Å². The van der Waals surface area contributed by atoms with Crippen molar-refractivity contribution in [3.63, 3.8) is 0 Å². The Hall–Kier alpha value is -1.01. The number of halogens is 1. The molecule has 2 N–H and O–H groups in total. The lowest BCUT2D eigenvalue weighted by Crippen LogP contribution is -3.00. The number of carboxylic acids is 1. The van der Waals surface area contributed by atoms with Crippen LogP contribution < -0.4 is 17.7 Å². The molecule has 0 radical (unpaired) electrons. The third kappa shape index (κ3) is 12.0. The molecule has 0 aliphatic rings. The zero-order chi connectivity index (χ0) is 15.3. The van der Waals surface area contributed by atoms with Crippen LogP contribution in [0, 0.1) is 0 Å². The first-order valence-corrected chi connectivity index (χ1v) is 6.43. The van der Waals surface area contributed by atoms with Gasteiger partial charge in [0.25, 0.3) is 0 Å². The van der Waals surface area contributed by atoms with Crippen molar-refractivity contribution in [1.82, 2.24) is 5.32 Å². The van der Waals surface area contributed by atoms with Crippen molar-refractivity contribution < 1.29 is 36.3 Å². The predicted molar refractivity (Wildman–Crippen MR) is 72.9 cm³/mol. The molecule has 0 bridgehead atoms. The highest BCUT2D eigenvalue weighted by Gasteiger charge is 2.24. The summed E-state index contributed by atoms with van der Waals surface area (Å²) in [6.45, 7) is 6.05. The Morgan fingerprint density at radius 1 is 1.25 bits per heavy atom. The normalized spacial score (nSPS) is 13.1. The molecule has 0 spiro atoms. The van der Waals surface area contributed by atoms with Crippen LogP contribution in [0.3, 0.4) is 0 Å². The number of nitrogens with one attached hydrogen (secondary N) is 1. The lowest BCUT2D eigenvalue weighted by Gasteiger charge is -2.25. The van der Waals surface area contributed by atoms with Crippen molar-refractivity contribution in [1.29, 1.82) is 0 Å². The molecule has 0 saturated carbocycles. The van der Waals surface area contributed by atoms with E-state index in [0.29, 0.717) is 6.42 Å². The molecule has 0 aliphatic heterocycles. The lowest BCUT2D eigenvalue weighted by atomic mass is 10.1. The summed E-state index contributed by atoms with van der Waals surface area (Å²) in [5.74, 6) is -1.03. The number of carboxylic acid groups (broad SMARTS) is 1. The number of ether oxygens (including phenoxy) is 1. The Balaban J connectivity index is 0. The molecule has 0 fully saturated rings. The maximum absolute atomic E-state index is 11.5.